The Kier molecular flexibility index (Phi) is 6.74. The molecule has 2 N–H and O–H groups in total. The van der Waals surface area contributed by atoms with Crippen molar-refractivity contribution in [1.82, 2.24) is 10.2 Å². The number of nitrogens with one attached hydrogen (secondary N) is 2. The van der Waals surface area contributed by atoms with E-state index >= 15 is 0 Å². The summed E-state index contributed by atoms with van der Waals surface area (Å²) in [5.74, 6) is 0.861. The van der Waals surface area contributed by atoms with Crippen LogP contribution in [0.25, 0.3) is 0 Å². The van der Waals surface area contributed by atoms with Gasteiger partial charge in [0.25, 0.3) is 0 Å². The molecule has 0 aromatic heterocycles. The van der Waals surface area contributed by atoms with E-state index in [0.717, 1.165) is 40.1 Å². The SMILES string of the molecule is COc1ccccc1C(CNC(=O)Nc1cc(Br)ccc1C)N1CCCC1. The highest BCUT2D eigenvalue weighted by Crippen LogP contribution is 2.31. The molecule has 0 radical (unpaired) electrons. The van der Waals surface area contributed by atoms with Crippen molar-refractivity contribution in [2.24, 2.45) is 0 Å². The zero-order valence-corrected chi connectivity index (χ0v) is 17.4. The number of carbonyl (C=O) groups is 1. The summed E-state index contributed by atoms with van der Waals surface area (Å²) in [4.78, 5) is 14.9. The lowest BCUT2D eigenvalue weighted by Gasteiger charge is -2.29. The fraction of sp³-hybridized carbons (Fsp3) is 0.381. The van der Waals surface area contributed by atoms with Crippen molar-refractivity contribution in [2.45, 2.75) is 25.8 Å². The first-order valence-corrected chi connectivity index (χ1v) is 10.1. The fourth-order valence-electron chi connectivity index (χ4n) is 3.52. The Balaban J connectivity index is 1.71. The Hall–Kier alpha value is -2.05. The molecule has 3 rings (SSSR count). The molecule has 0 saturated carbocycles. The molecule has 6 heteroatoms. The lowest BCUT2D eigenvalue weighted by atomic mass is 10.0. The van der Waals surface area contributed by atoms with Crippen LogP contribution in [0, 0.1) is 6.92 Å². The normalized spacial score (nSPS) is 15.4. The molecule has 144 valence electrons. The standard InChI is InChI=1S/C21H26BrN3O2/c1-15-9-10-16(22)13-18(15)24-21(26)23-14-19(25-11-5-6-12-25)17-7-3-4-8-20(17)27-2/h3-4,7-10,13,19H,5-6,11-12,14H2,1-2H3,(H2,23,24,26). The molecule has 0 aliphatic carbocycles. The smallest absolute Gasteiger partial charge is 0.319 e. The molecule has 2 aromatic rings. The van der Waals surface area contributed by atoms with Gasteiger partial charge in [-0.05, 0) is 56.6 Å². The topological polar surface area (TPSA) is 53.6 Å². The van der Waals surface area contributed by atoms with Gasteiger partial charge in [-0.2, -0.15) is 0 Å². The maximum atomic E-state index is 12.5. The van der Waals surface area contributed by atoms with E-state index in [-0.39, 0.29) is 12.1 Å². The molecule has 2 aromatic carbocycles. The van der Waals surface area contributed by atoms with Crippen molar-refractivity contribution in [2.75, 3.05) is 32.1 Å². The maximum Gasteiger partial charge on any atom is 0.319 e. The Bertz CT molecular complexity index is 791. The van der Waals surface area contributed by atoms with Crippen LogP contribution >= 0.6 is 15.9 Å². The number of urea groups is 1. The van der Waals surface area contributed by atoms with Crippen molar-refractivity contribution in [3.05, 3.63) is 58.1 Å². The number of anilines is 1. The van der Waals surface area contributed by atoms with Gasteiger partial charge in [-0.3, -0.25) is 4.90 Å². The monoisotopic (exact) mass is 431 g/mol. The Morgan fingerprint density at radius 3 is 2.70 bits per heavy atom. The van der Waals surface area contributed by atoms with Gasteiger partial charge in [0.2, 0.25) is 0 Å². The molecule has 1 aliphatic heterocycles. The molecular weight excluding hydrogens is 406 g/mol. The Labute approximate surface area is 169 Å². The summed E-state index contributed by atoms with van der Waals surface area (Å²) in [5, 5.41) is 5.99. The number of halogens is 1. The van der Waals surface area contributed by atoms with E-state index in [2.05, 4.69) is 37.5 Å². The first kappa shape index (κ1) is 19.7. The predicted molar refractivity (Wildman–Crippen MR) is 112 cm³/mol. The summed E-state index contributed by atoms with van der Waals surface area (Å²) < 4.78 is 6.49. The lowest BCUT2D eigenvalue weighted by Crippen LogP contribution is -2.38. The van der Waals surface area contributed by atoms with Crippen molar-refractivity contribution >= 4 is 27.6 Å². The van der Waals surface area contributed by atoms with Crippen molar-refractivity contribution in [3.8, 4) is 5.75 Å². The number of likely N-dealkylation sites (tertiary alicyclic amines) is 1. The second-order valence-corrected chi connectivity index (χ2v) is 7.71. The van der Waals surface area contributed by atoms with Crippen LogP contribution < -0.4 is 15.4 Å². The third-order valence-corrected chi connectivity index (χ3v) is 5.48. The molecule has 0 bridgehead atoms. The van der Waals surface area contributed by atoms with Crippen LogP contribution in [0.2, 0.25) is 0 Å². The molecule has 1 fully saturated rings. The van der Waals surface area contributed by atoms with Crippen LogP contribution in [0.3, 0.4) is 0 Å². The zero-order valence-electron chi connectivity index (χ0n) is 15.8. The highest BCUT2D eigenvalue weighted by molar-refractivity contribution is 9.10. The Morgan fingerprint density at radius 2 is 1.96 bits per heavy atom. The number of ether oxygens (including phenoxy) is 1. The first-order valence-electron chi connectivity index (χ1n) is 9.26. The number of methoxy groups -OCH3 is 1. The molecule has 5 nitrogen and oxygen atoms in total. The molecule has 27 heavy (non-hydrogen) atoms. The number of para-hydroxylation sites is 1. The summed E-state index contributed by atoms with van der Waals surface area (Å²) >= 11 is 3.45. The van der Waals surface area contributed by atoms with Gasteiger partial charge in [0.15, 0.2) is 0 Å². The largest absolute Gasteiger partial charge is 0.496 e. The van der Waals surface area contributed by atoms with Gasteiger partial charge in [0.1, 0.15) is 5.75 Å². The number of amides is 2. The Morgan fingerprint density at radius 1 is 1.22 bits per heavy atom. The average Bonchev–Trinajstić information content (AvgIpc) is 3.20. The van der Waals surface area contributed by atoms with Crippen LogP contribution in [0.4, 0.5) is 10.5 Å². The number of benzene rings is 2. The summed E-state index contributed by atoms with van der Waals surface area (Å²) in [6.07, 6.45) is 2.38. The number of aryl methyl sites for hydroxylation is 1. The van der Waals surface area contributed by atoms with E-state index in [1.54, 1.807) is 7.11 Å². The van der Waals surface area contributed by atoms with E-state index in [4.69, 9.17) is 4.74 Å². The number of rotatable bonds is 6. The van der Waals surface area contributed by atoms with Crippen LogP contribution in [0.5, 0.6) is 5.75 Å². The molecule has 1 saturated heterocycles. The highest BCUT2D eigenvalue weighted by Gasteiger charge is 2.26. The van der Waals surface area contributed by atoms with Gasteiger partial charge in [-0.1, -0.05) is 40.2 Å². The number of hydrogen-bond acceptors (Lipinski definition) is 3. The van der Waals surface area contributed by atoms with Crippen LogP contribution in [0.1, 0.15) is 30.0 Å². The highest BCUT2D eigenvalue weighted by atomic mass is 79.9. The van der Waals surface area contributed by atoms with Crippen LogP contribution in [-0.2, 0) is 0 Å². The third-order valence-electron chi connectivity index (χ3n) is 4.98. The van der Waals surface area contributed by atoms with Gasteiger partial charge in [0, 0.05) is 22.3 Å². The van der Waals surface area contributed by atoms with Crippen molar-refractivity contribution in [3.63, 3.8) is 0 Å². The molecule has 0 spiro atoms. The molecule has 1 atom stereocenters. The van der Waals surface area contributed by atoms with E-state index in [1.165, 1.54) is 12.8 Å². The first-order chi connectivity index (χ1) is 13.1. The average molecular weight is 432 g/mol. The van der Waals surface area contributed by atoms with Crippen LogP contribution in [0.15, 0.2) is 46.9 Å². The van der Waals surface area contributed by atoms with Gasteiger partial charge >= 0.3 is 6.03 Å². The van der Waals surface area contributed by atoms with E-state index < -0.39 is 0 Å². The van der Waals surface area contributed by atoms with Gasteiger partial charge < -0.3 is 15.4 Å². The van der Waals surface area contributed by atoms with Crippen molar-refractivity contribution in [1.29, 1.82) is 0 Å². The summed E-state index contributed by atoms with van der Waals surface area (Å²) in [7, 11) is 1.69. The zero-order chi connectivity index (χ0) is 19.2. The van der Waals surface area contributed by atoms with E-state index in [9.17, 15) is 4.79 Å². The molecule has 2 amide bonds. The second kappa shape index (κ2) is 9.24. The number of carbonyl (C=O) groups excluding carboxylic acids is 1. The number of nitrogens with zero attached hydrogens (tertiary/aromatic N) is 1. The summed E-state index contributed by atoms with van der Waals surface area (Å²) in [6.45, 7) is 4.58. The summed E-state index contributed by atoms with van der Waals surface area (Å²) in [5.41, 5.74) is 2.94. The fourth-order valence-corrected chi connectivity index (χ4v) is 3.88. The number of hydrogen-bond donors (Lipinski definition) is 2. The molecule has 1 unspecified atom stereocenters. The third kappa shape index (κ3) is 5.02. The van der Waals surface area contributed by atoms with Gasteiger partial charge in [-0.15, -0.1) is 0 Å². The van der Waals surface area contributed by atoms with E-state index in [1.807, 2.05) is 43.3 Å². The minimum Gasteiger partial charge on any atom is -0.496 e. The van der Waals surface area contributed by atoms with Crippen molar-refractivity contribution < 1.29 is 9.53 Å². The molecule has 1 aliphatic rings. The second-order valence-electron chi connectivity index (χ2n) is 6.80. The maximum absolute atomic E-state index is 12.5. The lowest BCUT2D eigenvalue weighted by molar-refractivity contribution is 0.224. The van der Waals surface area contributed by atoms with Gasteiger partial charge in [0.05, 0.1) is 13.2 Å². The minimum atomic E-state index is -0.199. The molecular formula is C21H26BrN3O2. The minimum absolute atomic E-state index is 0.0954. The quantitative estimate of drug-likeness (QED) is 0.695. The predicted octanol–water partition coefficient (Wildman–Crippen LogP) is 4.72. The van der Waals surface area contributed by atoms with Crippen LogP contribution in [-0.4, -0.2) is 37.7 Å². The molecule has 1 heterocycles. The van der Waals surface area contributed by atoms with E-state index in [0.29, 0.717) is 6.54 Å². The van der Waals surface area contributed by atoms with Gasteiger partial charge in [-0.25, -0.2) is 4.79 Å². The summed E-state index contributed by atoms with van der Waals surface area (Å²) in [6, 6.07) is 13.8.